The molecule has 4 nitrogen and oxygen atoms in total. The highest BCUT2D eigenvalue weighted by Gasteiger charge is 2.29. The van der Waals surface area contributed by atoms with Crippen LogP contribution >= 0.6 is 0 Å². The molecular weight excluding hydrogens is 244 g/mol. The van der Waals surface area contributed by atoms with Crippen molar-refractivity contribution in [1.29, 1.82) is 0 Å². The van der Waals surface area contributed by atoms with Crippen molar-refractivity contribution in [2.45, 2.75) is 73.6 Å². The number of carboxylic acid groups (broad SMARTS) is 2. The van der Waals surface area contributed by atoms with E-state index in [4.69, 9.17) is 10.2 Å². The molecule has 0 saturated carbocycles. The number of carbonyl (C=O) groups is 2. The quantitative estimate of drug-likeness (QED) is 0.730. The molecule has 0 aromatic carbocycles. The molecule has 4 heteroatoms. The summed E-state index contributed by atoms with van der Waals surface area (Å²) in [5.74, 6) is -1.37. The fourth-order valence-electron chi connectivity index (χ4n) is 1.72. The summed E-state index contributed by atoms with van der Waals surface area (Å²) in [6.45, 7) is 11.2. The standard InChI is InChI=1S/C8H16O2.C7H14O2/c1-4-6-8(3,5-2)7(9)10;1-4-5-7(2,3)6(8)9/h4-6H2,1-3H3,(H,9,10);4-5H2,1-3H3,(H,8,9). The van der Waals surface area contributed by atoms with Gasteiger partial charge in [-0.2, -0.15) is 0 Å². The van der Waals surface area contributed by atoms with E-state index in [2.05, 4.69) is 0 Å². The van der Waals surface area contributed by atoms with E-state index >= 15 is 0 Å². The van der Waals surface area contributed by atoms with Crippen LogP contribution in [0.5, 0.6) is 0 Å². The second-order valence-electron chi connectivity index (χ2n) is 5.91. The first kappa shape index (κ1) is 20.3. The first-order valence-electron chi connectivity index (χ1n) is 7.04. The maximum atomic E-state index is 10.6. The smallest absolute Gasteiger partial charge is 0.309 e. The van der Waals surface area contributed by atoms with Crippen molar-refractivity contribution >= 4 is 11.9 Å². The van der Waals surface area contributed by atoms with Crippen molar-refractivity contribution in [3.63, 3.8) is 0 Å². The average Bonchev–Trinajstić information content (AvgIpc) is 2.29. The molecule has 2 N–H and O–H groups in total. The van der Waals surface area contributed by atoms with Crippen LogP contribution in [0, 0.1) is 10.8 Å². The van der Waals surface area contributed by atoms with Gasteiger partial charge in [-0.05, 0) is 40.0 Å². The topological polar surface area (TPSA) is 74.6 Å². The van der Waals surface area contributed by atoms with Gasteiger partial charge >= 0.3 is 11.9 Å². The Morgan fingerprint density at radius 2 is 1.26 bits per heavy atom. The predicted octanol–water partition coefficient (Wildman–Crippen LogP) is 4.18. The van der Waals surface area contributed by atoms with Crippen molar-refractivity contribution in [3.05, 3.63) is 0 Å². The van der Waals surface area contributed by atoms with Gasteiger partial charge in [-0.25, -0.2) is 0 Å². The molecular formula is C15H30O4. The van der Waals surface area contributed by atoms with E-state index in [0.29, 0.717) is 0 Å². The third kappa shape index (κ3) is 7.85. The van der Waals surface area contributed by atoms with E-state index < -0.39 is 22.8 Å². The van der Waals surface area contributed by atoms with Crippen molar-refractivity contribution in [2.24, 2.45) is 10.8 Å². The van der Waals surface area contributed by atoms with E-state index in [1.807, 2.05) is 20.8 Å². The normalized spacial score (nSPS) is 14.0. The second-order valence-corrected chi connectivity index (χ2v) is 5.91. The van der Waals surface area contributed by atoms with Crippen LogP contribution < -0.4 is 0 Å². The van der Waals surface area contributed by atoms with E-state index in [9.17, 15) is 9.59 Å². The molecule has 0 saturated heterocycles. The number of hydrogen-bond acceptors (Lipinski definition) is 2. The Kier molecular flexibility index (Phi) is 9.54. The van der Waals surface area contributed by atoms with E-state index in [-0.39, 0.29) is 0 Å². The molecule has 0 fully saturated rings. The van der Waals surface area contributed by atoms with Crippen LogP contribution in [0.25, 0.3) is 0 Å². The van der Waals surface area contributed by atoms with Crippen molar-refractivity contribution in [3.8, 4) is 0 Å². The first-order valence-corrected chi connectivity index (χ1v) is 7.04. The van der Waals surface area contributed by atoms with Crippen LogP contribution in [0.1, 0.15) is 73.6 Å². The van der Waals surface area contributed by atoms with Gasteiger partial charge in [0.1, 0.15) is 0 Å². The summed E-state index contributed by atoms with van der Waals surface area (Å²) < 4.78 is 0. The molecule has 0 bridgehead atoms. The first-order chi connectivity index (χ1) is 8.57. The third-order valence-corrected chi connectivity index (χ3v) is 3.55. The summed E-state index contributed by atoms with van der Waals surface area (Å²) in [5, 5.41) is 17.3. The predicted molar refractivity (Wildman–Crippen MR) is 77.3 cm³/mol. The van der Waals surface area contributed by atoms with Crippen LogP contribution in [-0.4, -0.2) is 22.2 Å². The van der Waals surface area contributed by atoms with E-state index in [1.165, 1.54) is 0 Å². The lowest BCUT2D eigenvalue weighted by Crippen LogP contribution is -2.26. The number of aliphatic carboxylic acids is 2. The summed E-state index contributed by atoms with van der Waals surface area (Å²) in [7, 11) is 0. The molecule has 114 valence electrons. The summed E-state index contributed by atoms with van der Waals surface area (Å²) in [6.07, 6.45) is 4.12. The molecule has 0 radical (unpaired) electrons. The minimum Gasteiger partial charge on any atom is -0.481 e. The van der Waals surface area contributed by atoms with Crippen LogP contribution in [0.3, 0.4) is 0 Å². The Morgan fingerprint density at radius 1 is 0.842 bits per heavy atom. The number of rotatable bonds is 7. The molecule has 0 aromatic heterocycles. The molecule has 0 amide bonds. The Balaban J connectivity index is 0. The minimum atomic E-state index is -0.704. The zero-order valence-corrected chi connectivity index (χ0v) is 13.2. The Bertz CT molecular complexity index is 284. The zero-order chi connectivity index (χ0) is 15.7. The maximum absolute atomic E-state index is 10.6. The lowest BCUT2D eigenvalue weighted by Gasteiger charge is -2.21. The molecule has 0 aromatic rings. The minimum absolute atomic E-state index is 0.491. The SMILES string of the molecule is CCCC(C)(C)C(=O)O.CCCC(C)(CC)C(=O)O. The van der Waals surface area contributed by atoms with E-state index in [1.54, 1.807) is 20.8 Å². The maximum Gasteiger partial charge on any atom is 0.309 e. The zero-order valence-electron chi connectivity index (χ0n) is 13.2. The van der Waals surface area contributed by atoms with Gasteiger partial charge in [-0.15, -0.1) is 0 Å². The molecule has 0 heterocycles. The van der Waals surface area contributed by atoms with Gasteiger partial charge in [0.05, 0.1) is 10.8 Å². The molecule has 19 heavy (non-hydrogen) atoms. The van der Waals surface area contributed by atoms with Crippen LogP contribution in [0.4, 0.5) is 0 Å². The van der Waals surface area contributed by atoms with Crippen molar-refractivity contribution < 1.29 is 19.8 Å². The molecule has 1 atom stereocenters. The lowest BCUT2D eigenvalue weighted by atomic mass is 9.83. The Morgan fingerprint density at radius 3 is 1.37 bits per heavy atom. The molecule has 0 aliphatic carbocycles. The van der Waals surface area contributed by atoms with Crippen LogP contribution in [0.2, 0.25) is 0 Å². The highest BCUT2D eigenvalue weighted by Crippen LogP contribution is 2.27. The van der Waals surface area contributed by atoms with Gasteiger partial charge in [-0.1, -0.05) is 33.6 Å². The third-order valence-electron chi connectivity index (χ3n) is 3.55. The lowest BCUT2D eigenvalue weighted by molar-refractivity contribution is -0.149. The van der Waals surface area contributed by atoms with Gasteiger partial charge in [0.15, 0.2) is 0 Å². The fourth-order valence-corrected chi connectivity index (χ4v) is 1.72. The highest BCUT2D eigenvalue weighted by atomic mass is 16.4. The Labute approximate surface area is 117 Å². The number of hydrogen-bond donors (Lipinski definition) is 2. The van der Waals surface area contributed by atoms with Crippen molar-refractivity contribution in [2.75, 3.05) is 0 Å². The summed E-state index contributed by atoms with van der Waals surface area (Å²) >= 11 is 0. The fraction of sp³-hybridized carbons (Fsp3) is 0.867. The van der Waals surface area contributed by atoms with Gasteiger partial charge in [0.2, 0.25) is 0 Å². The summed E-state index contributed by atoms with van der Waals surface area (Å²) in [4.78, 5) is 21.1. The summed E-state index contributed by atoms with van der Waals surface area (Å²) in [6, 6.07) is 0. The number of carboxylic acids is 2. The largest absolute Gasteiger partial charge is 0.481 e. The highest BCUT2D eigenvalue weighted by molar-refractivity contribution is 5.74. The Hall–Kier alpha value is -1.06. The van der Waals surface area contributed by atoms with Gasteiger partial charge in [0, 0.05) is 0 Å². The second kappa shape index (κ2) is 8.94. The molecule has 0 aliphatic heterocycles. The molecule has 1 unspecified atom stereocenters. The van der Waals surface area contributed by atoms with Crippen LogP contribution in [0.15, 0.2) is 0 Å². The van der Waals surface area contributed by atoms with Gasteiger partial charge in [-0.3, -0.25) is 9.59 Å². The average molecular weight is 274 g/mol. The van der Waals surface area contributed by atoms with E-state index in [0.717, 1.165) is 32.1 Å². The molecule has 0 rings (SSSR count). The van der Waals surface area contributed by atoms with Crippen molar-refractivity contribution in [1.82, 2.24) is 0 Å². The molecule has 0 spiro atoms. The van der Waals surface area contributed by atoms with Gasteiger partial charge in [0.25, 0.3) is 0 Å². The summed E-state index contributed by atoms with van der Waals surface area (Å²) in [5.41, 5.74) is -1.02. The monoisotopic (exact) mass is 274 g/mol. The molecule has 0 aliphatic rings. The van der Waals surface area contributed by atoms with Gasteiger partial charge < -0.3 is 10.2 Å². The van der Waals surface area contributed by atoms with Crippen LogP contribution in [-0.2, 0) is 9.59 Å².